The summed E-state index contributed by atoms with van der Waals surface area (Å²) < 4.78 is 13.4. The van der Waals surface area contributed by atoms with Crippen molar-refractivity contribution in [3.05, 3.63) is 75.2 Å². The van der Waals surface area contributed by atoms with Crippen LogP contribution in [-0.2, 0) is 9.59 Å². The molecule has 0 spiro atoms. The molecule has 1 N–H and O–H groups in total. The van der Waals surface area contributed by atoms with Crippen molar-refractivity contribution in [3.63, 3.8) is 0 Å². The number of hydrogen-bond acceptors (Lipinski definition) is 3. The summed E-state index contributed by atoms with van der Waals surface area (Å²) in [5, 5.41) is 11.1. The Morgan fingerprint density at radius 3 is 2.21 bits per heavy atom. The Kier molecular flexibility index (Phi) is 5.26. The van der Waals surface area contributed by atoms with Crippen molar-refractivity contribution in [1.82, 2.24) is 0 Å². The average molecular weight is 422 g/mol. The van der Waals surface area contributed by atoms with E-state index in [4.69, 9.17) is 23.2 Å². The number of nitrogens with zero attached hydrogens (tertiary/aromatic N) is 1. The van der Waals surface area contributed by atoms with E-state index in [1.165, 1.54) is 41.3 Å². The number of aliphatic hydroxyl groups excluding tert-OH is 1. The Bertz CT molecular complexity index is 994. The number of ketones is 1. The van der Waals surface area contributed by atoms with E-state index < -0.39 is 28.9 Å². The van der Waals surface area contributed by atoms with E-state index in [1.807, 2.05) is 0 Å². The number of halogens is 3. The normalized spacial score (nSPS) is 17.4. The van der Waals surface area contributed by atoms with Gasteiger partial charge < -0.3 is 5.11 Å². The van der Waals surface area contributed by atoms with Crippen molar-refractivity contribution < 1.29 is 19.1 Å². The summed E-state index contributed by atoms with van der Waals surface area (Å²) in [6.07, 6.45) is 0. The summed E-state index contributed by atoms with van der Waals surface area (Å²) in [7, 11) is 0. The van der Waals surface area contributed by atoms with Gasteiger partial charge in [0, 0.05) is 11.1 Å². The minimum atomic E-state index is -0.919. The molecule has 1 heterocycles. The van der Waals surface area contributed by atoms with Crippen LogP contribution in [0.3, 0.4) is 0 Å². The molecule has 0 radical (unpaired) electrons. The minimum absolute atomic E-state index is 0.0322. The van der Waals surface area contributed by atoms with Crippen LogP contribution in [0.15, 0.2) is 53.8 Å². The highest BCUT2D eigenvalue weighted by Gasteiger charge is 2.46. The van der Waals surface area contributed by atoms with Crippen molar-refractivity contribution >= 4 is 40.6 Å². The maximum absolute atomic E-state index is 13.4. The molecular weight excluding hydrogens is 404 g/mol. The maximum Gasteiger partial charge on any atom is 0.294 e. The lowest BCUT2D eigenvalue weighted by Crippen LogP contribution is -2.32. The quantitative estimate of drug-likeness (QED) is 0.696. The lowest BCUT2D eigenvalue weighted by molar-refractivity contribution is -0.123. The highest BCUT2D eigenvalue weighted by Crippen LogP contribution is 2.44. The minimum Gasteiger partial charge on any atom is -0.503 e. The molecule has 1 aliphatic rings. The number of hydrogen-bond donors (Lipinski definition) is 1. The molecule has 4 nitrogen and oxygen atoms in total. The molecule has 3 rings (SSSR count). The van der Waals surface area contributed by atoms with E-state index in [9.17, 15) is 19.1 Å². The average Bonchev–Trinajstić information content (AvgIpc) is 2.88. The number of amides is 1. The first-order chi connectivity index (χ1) is 13.0. The molecule has 1 unspecified atom stereocenters. The Morgan fingerprint density at radius 1 is 1.07 bits per heavy atom. The number of anilines is 1. The van der Waals surface area contributed by atoms with Gasteiger partial charge in [-0.2, -0.15) is 0 Å². The standard InChI is InChI=1S/C21H18Cl2FNO3/c1-21(2,3)19(27)16-17(11-4-6-12(24)7-5-11)25(20(28)18(16)26)13-8-9-14(22)15(23)10-13/h4-10,17,26H,1-3H3. The van der Waals surface area contributed by atoms with Crippen molar-refractivity contribution in [3.8, 4) is 0 Å². The Hall–Kier alpha value is -2.37. The molecule has 0 aliphatic carbocycles. The first-order valence-electron chi connectivity index (χ1n) is 8.54. The summed E-state index contributed by atoms with van der Waals surface area (Å²) in [6, 6.07) is 9.09. The highest BCUT2D eigenvalue weighted by atomic mass is 35.5. The summed E-state index contributed by atoms with van der Waals surface area (Å²) in [4.78, 5) is 27.2. The second kappa shape index (κ2) is 7.22. The van der Waals surface area contributed by atoms with Gasteiger partial charge in [0.25, 0.3) is 5.91 Å². The van der Waals surface area contributed by atoms with Gasteiger partial charge in [0.1, 0.15) is 5.82 Å². The van der Waals surface area contributed by atoms with Gasteiger partial charge in [-0.05, 0) is 35.9 Å². The van der Waals surface area contributed by atoms with Crippen LogP contribution in [0.1, 0.15) is 32.4 Å². The largest absolute Gasteiger partial charge is 0.503 e. The zero-order valence-corrected chi connectivity index (χ0v) is 17.0. The summed E-state index contributed by atoms with van der Waals surface area (Å²) in [6.45, 7) is 5.09. The van der Waals surface area contributed by atoms with Crippen LogP contribution >= 0.6 is 23.2 Å². The molecule has 0 aromatic heterocycles. The van der Waals surface area contributed by atoms with E-state index in [-0.39, 0.29) is 16.4 Å². The molecule has 1 amide bonds. The van der Waals surface area contributed by atoms with Crippen LogP contribution in [0.5, 0.6) is 0 Å². The molecule has 1 atom stereocenters. The number of rotatable bonds is 3. The predicted molar refractivity (Wildman–Crippen MR) is 107 cm³/mol. The van der Waals surface area contributed by atoms with Crippen molar-refractivity contribution in [1.29, 1.82) is 0 Å². The SMILES string of the molecule is CC(C)(C)C(=O)C1=C(O)C(=O)N(c2ccc(Cl)c(Cl)c2)C1c1ccc(F)cc1. The zero-order valence-electron chi connectivity index (χ0n) is 15.5. The van der Waals surface area contributed by atoms with Gasteiger partial charge in [-0.25, -0.2) is 4.39 Å². The number of carbonyl (C=O) groups is 2. The van der Waals surface area contributed by atoms with Crippen LogP contribution in [0.2, 0.25) is 10.0 Å². The number of aliphatic hydroxyl groups is 1. The molecule has 146 valence electrons. The van der Waals surface area contributed by atoms with E-state index in [0.29, 0.717) is 16.3 Å². The second-order valence-electron chi connectivity index (χ2n) is 7.57. The van der Waals surface area contributed by atoms with Crippen molar-refractivity contribution in [2.45, 2.75) is 26.8 Å². The van der Waals surface area contributed by atoms with Crippen LogP contribution < -0.4 is 4.90 Å². The fraction of sp³-hybridized carbons (Fsp3) is 0.238. The van der Waals surface area contributed by atoms with Crippen LogP contribution in [0.4, 0.5) is 10.1 Å². The number of carbonyl (C=O) groups excluding carboxylic acids is 2. The molecule has 0 fully saturated rings. The third-order valence-electron chi connectivity index (χ3n) is 4.50. The second-order valence-corrected chi connectivity index (χ2v) is 8.38. The summed E-state index contributed by atoms with van der Waals surface area (Å²) in [5.74, 6) is -2.19. The zero-order chi connectivity index (χ0) is 20.8. The van der Waals surface area contributed by atoms with Gasteiger partial charge in [-0.1, -0.05) is 56.1 Å². The molecule has 28 heavy (non-hydrogen) atoms. The third kappa shape index (κ3) is 3.52. The van der Waals surface area contributed by atoms with E-state index in [0.717, 1.165) is 0 Å². The summed E-state index contributed by atoms with van der Waals surface area (Å²) in [5.41, 5.74) is -0.0279. The number of Topliss-reactive ketones (excluding diaryl/α,β-unsaturated/α-hetero) is 1. The van der Waals surface area contributed by atoms with Gasteiger partial charge >= 0.3 is 0 Å². The number of benzene rings is 2. The lowest BCUT2D eigenvalue weighted by atomic mass is 9.82. The van der Waals surface area contributed by atoms with Crippen molar-refractivity contribution in [2.24, 2.45) is 5.41 Å². The van der Waals surface area contributed by atoms with Gasteiger partial charge in [0.15, 0.2) is 11.5 Å². The first kappa shape index (κ1) is 20.4. The van der Waals surface area contributed by atoms with Gasteiger partial charge in [-0.15, -0.1) is 0 Å². The molecule has 1 aliphatic heterocycles. The molecular formula is C21H18Cl2FNO3. The van der Waals surface area contributed by atoms with Gasteiger partial charge in [-0.3, -0.25) is 14.5 Å². The van der Waals surface area contributed by atoms with Gasteiger partial charge in [0.2, 0.25) is 0 Å². The molecule has 2 aromatic carbocycles. The monoisotopic (exact) mass is 421 g/mol. The fourth-order valence-corrected chi connectivity index (χ4v) is 3.40. The van der Waals surface area contributed by atoms with Crippen LogP contribution in [0.25, 0.3) is 0 Å². The third-order valence-corrected chi connectivity index (χ3v) is 5.24. The molecule has 2 aromatic rings. The van der Waals surface area contributed by atoms with Crippen molar-refractivity contribution in [2.75, 3.05) is 4.90 Å². The van der Waals surface area contributed by atoms with E-state index in [1.54, 1.807) is 26.8 Å². The molecule has 7 heteroatoms. The topological polar surface area (TPSA) is 57.6 Å². The van der Waals surface area contributed by atoms with Crippen LogP contribution in [0, 0.1) is 11.2 Å². The highest BCUT2D eigenvalue weighted by molar-refractivity contribution is 6.42. The Morgan fingerprint density at radius 2 is 1.68 bits per heavy atom. The smallest absolute Gasteiger partial charge is 0.294 e. The lowest BCUT2D eigenvalue weighted by Gasteiger charge is -2.29. The van der Waals surface area contributed by atoms with Crippen LogP contribution in [-0.4, -0.2) is 16.8 Å². The Balaban J connectivity index is 2.22. The Labute approximate surface area is 172 Å². The fourth-order valence-electron chi connectivity index (χ4n) is 3.10. The maximum atomic E-state index is 13.4. The summed E-state index contributed by atoms with van der Waals surface area (Å²) >= 11 is 12.1. The van der Waals surface area contributed by atoms with E-state index >= 15 is 0 Å². The molecule has 0 saturated carbocycles. The van der Waals surface area contributed by atoms with Gasteiger partial charge in [0.05, 0.1) is 21.7 Å². The molecule has 0 saturated heterocycles. The predicted octanol–water partition coefficient (Wildman–Crippen LogP) is 5.65. The molecule has 0 bridgehead atoms. The first-order valence-corrected chi connectivity index (χ1v) is 9.30. The van der Waals surface area contributed by atoms with E-state index in [2.05, 4.69) is 0 Å².